The van der Waals surface area contributed by atoms with Crippen molar-refractivity contribution in [3.8, 4) is 12.3 Å². The van der Waals surface area contributed by atoms with Gasteiger partial charge in [-0.05, 0) is 25.8 Å². The second-order valence-corrected chi connectivity index (χ2v) is 4.79. The molecule has 2 N–H and O–H groups in total. The van der Waals surface area contributed by atoms with Gasteiger partial charge in [-0.15, -0.1) is 6.42 Å². The number of rotatable bonds is 5. The first-order valence-electron chi connectivity index (χ1n) is 6.40. The van der Waals surface area contributed by atoms with E-state index in [2.05, 4.69) is 10.8 Å². The van der Waals surface area contributed by atoms with Gasteiger partial charge in [0.15, 0.2) is 0 Å². The number of terminal acetylenes is 1. The summed E-state index contributed by atoms with van der Waals surface area (Å²) in [5.41, 5.74) is 6.65. The molecule has 0 heterocycles. The minimum absolute atomic E-state index is 0.0225. The van der Waals surface area contributed by atoms with Gasteiger partial charge in [-0.2, -0.15) is 0 Å². The van der Waals surface area contributed by atoms with E-state index in [4.69, 9.17) is 12.2 Å². The van der Waals surface area contributed by atoms with Crippen molar-refractivity contribution >= 4 is 0 Å². The summed E-state index contributed by atoms with van der Waals surface area (Å²) in [6, 6.07) is 5.84. The average Bonchev–Trinajstić information content (AvgIpc) is 3.20. The van der Waals surface area contributed by atoms with Gasteiger partial charge in [-0.25, -0.2) is 4.39 Å². The van der Waals surface area contributed by atoms with Crippen LogP contribution in [0.2, 0.25) is 0 Å². The highest BCUT2D eigenvalue weighted by Crippen LogP contribution is 2.34. The molecule has 1 aliphatic rings. The Balaban J connectivity index is 2.26. The molecule has 0 aliphatic heterocycles. The Morgan fingerprint density at radius 3 is 2.83 bits per heavy atom. The third kappa shape index (κ3) is 2.55. The van der Waals surface area contributed by atoms with Crippen molar-refractivity contribution in [1.29, 1.82) is 0 Å². The quantitative estimate of drug-likeness (QED) is 0.808. The van der Waals surface area contributed by atoms with Gasteiger partial charge in [0.05, 0.1) is 5.56 Å². The van der Waals surface area contributed by atoms with E-state index in [-0.39, 0.29) is 11.9 Å². The first-order chi connectivity index (χ1) is 8.69. The minimum Gasteiger partial charge on any atom is -0.329 e. The Morgan fingerprint density at radius 1 is 1.56 bits per heavy atom. The van der Waals surface area contributed by atoms with Crippen molar-refractivity contribution in [1.82, 2.24) is 4.90 Å². The molecule has 1 aliphatic carbocycles. The summed E-state index contributed by atoms with van der Waals surface area (Å²) < 4.78 is 14.2. The maximum absolute atomic E-state index is 14.2. The smallest absolute Gasteiger partial charge is 0.143 e. The Hall–Kier alpha value is -1.37. The zero-order valence-corrected chi connectivity index (χ0v) is 10.7. The lowest BCUT2D eigenvalue weighted by Crippen LogP contribution is -2.34. The Labute approximate surface area is 108 Å². The molecule has 0 amide bonds. The number of halogens is 1. The summed E-state index contributed by atoms with van der Waals surface area (Å²) in [5.74, 6) is 2.12. The average molecular weight is 246 g/mol. The van der Waals surface area contributed by atoms with Crippen molar-refractivity contribution < 1.29 is 4.39 Å². The number of nitrogens with zero attached hydrogens (tertiary/aromatic N) is 1. The SMILES string of the molecule is C#Cc1cccc(C(C)N(CCN)C2CC2)c1F. The molecule has 1 aromatic rings. The van der Waals surface area contributed by atoms with Crippen molar-refractivity contribution in [3.63, 3.8) is 0 Å². The number of hydrogen-bond donors (Lipinski definition) is 1. The van der Waals surface area contributed by atoms with Crippen LogP contribution in [-0.2, 0) is 0 Å². The predicted octanol–water partition coefficient (Wildman–Crippen LogP) is 2.29. The van der Waals surface area contributed by atoms with Gasteiger partial charge in [0, 0.05) is 30.7 Å². The summed E-state index contributed by atoms with van der Waals surface area (Å²) in [6.45, 7) is 3.41. The molecule has 0 radical (unpaired) electrons. The van der Waals surface area contributed by atoms with E-state index < -0.39 is 0 Å². The van der Waals surface area contributed by atoms with E-state index in [9.17, 15) is 4.39 Å². The van der Waals surface area contributed by atoms with Crippen molar-refractivity contribution in [2.24, 2.45) is 5.73 Å². The second-order valence-electron chi connectivity index (χ2n) is 4.79. The van der Waals surface area contributed by atoms with Crippen LogP contribution in [0, 0.1) is 18.2 Å². The fourth-order valence-electron chi connectivity index (χ4n) is 2.41. The molecule has 1 aromatic carbocycles. The molecule has 1 unspecified atom stereocenters. The summed E-state index contributed by atoms with van der Waals surface area (Å²) in [6.07, 6.45) is 7.67. The number of hydrogen-bond acceptors (Lipinski definition) is 2. The van der Waals surface area contributed by atoms with Crippen molar-refractivity contribution in [2.45, 2.75) is 31.8 Å². The van der Waals surface area contributed by atoms with Gasteiger partial charge in [0.25, 0.3) is 0 Å². The number of nitrogens with two attached hydrogens (primary N) is 1. The fourth-order valence-corrected chi connectivity index (χ4v) is 2.41. The topological polar surface area (TPSA) is 29.3 Å². The molecule has 2 rings (SSSR count). The molecular formula is C15H19FN2. The third-order valence-corrected chi connectivity index (χ3v) is 3.53. The van der Waals surface area contributed by atoms with E-state index in [1.807, 2.05) is 19.1 Å². The molecule has 0 spiro atoms. The van der Waals surface area contributed by atoms with E-state index in [0.717, 1.165) is 6.54 Å². The molecule has 1 saturated carbocycles. The van der Waals surface area contributed by atoms with Crippen LogP contribution >= 0.6 is 0 Å². The molecule has 0 bridgehead atoms. The standard InChI is InChI=1S/C15H19FN2/c1-3-12-5-4-6-14(15(12)16)11(2)18(10-9-17)13-7-8-13/h1,4-6,11,13H,7-10,17H2,2H3. The lowest BCUT2D eigenvalue weighted by Gasteiger charge is -2.29. The van der Waals surface area contributed by atoms with E-state index >= 15 is 0 Å². The van der Waals surface area contributed by atoms with Crippen molar-refractivity contribution in [2.75, 3.05) is 13.1 Å². The van der Waals surface area contributed by atoms with Crippen LogP contribution < -0.4 is 5.73 Å². The predicted molar refractivity (Wildman–Crippen MR) is 71.5 cm³/mol. The van der Waals surface area contributed by atoms with Crippen LogP contribution in [0.1, 0.15) is 36.9 Å². The zero-order valence-electron chi connectivity index (χ0n) is 10.7. The largest absolute Gasteiger partial charge is 0.329 e. The Bertz CT molecular complexity index is 460. The van der Waals surface area contributed by atoms with E-state index in [0.29, 0.717) is 23.7 Å². The fraction of sp³-hybridized carbons (Fsp3) is 0.467. The second kappa shape index (κ2) is 5.51. The summed E-state index contributed by atoms with van der Waals surface area (Å²) >= 11 is 0. The van der Waals surface area contributed by atoms with E-state index in [1.165, 1.54) is 12.8 Å². The summed E-state index contributed by atoms with van der Waals surface area (Å²) in [4.78, 5) is 2.28. The molecule has 1 atom stereocenters. The van der Waals surface area contributed by atoms with E-state index in [1.54, 1.807) is 6.07 Å². The monoisotopic (exact) mass is 246 g/mol. The normalized spacial score (nSPS) is 16.6. The lowest BCUT2D eigenvalue weighted by molar-refractivity contribution is 0.202. The number of benzene rings is 1. The maximum atomic E-state index is 14.2. The molecule has 1 fully saturated rings. The van der Waals surface area contributed by atoms with Gasteiger partial charge >= 0.3 is 0 Å². The van der Waals surface area contributed by atoms with Crippen LogP contribution in [0.4, 0.5) is 4.39 Å². The summed E-state index contributed by atoms with van der Waals surface area (Å²) in [5, 5.41) is 0. The van der Waals surface area contributed by atoms with Crippen LogP contribution in [0.3, 0.4) is 0 Å². The molecule has 2 nitrogen and oxygen atoms in total. The third-order valence-electron chi connectivity index (χ3n) is 3.53. The highest BCUT2D eigenvalue weighted by Gasteiger charge is 2.33. The van der Waals surface area contributed by atoms with Gasteiger partial charge < -0.3 is 5.73 Å². The highest BCUT2D eigenvalue weighted by atomic mass is 19.1. The zero-order chi connectivity index (χ0) is 13.1. The molecule has 0 saturated heterocycles. The highest BCUT2D eigenvalue weighted by molar-refractivity contribution is 5.38. The van der Waals surface area contributed by atoms with Gasteiger partial charge in [-0.3, -0.25) is 4.90 Å². The molecule has 0 aromatic heterocycles. The van der Waals surface area contributed by atoms with Crippen LogP contribution in [-0.4, -0.2) is 24.0 Å². The van der Waals surface area contributed by atoms with Gasteiger partial charge in [0.2, 0.25) is 0 Å². The van der Waals surface area contributed by atoms with Crippen molar-refractivity contribution in [3.05, 3.63) is 35.1 Å². The maximum Gasteiger partial charge on any atom is 0.143 e. The van der Waals surface area contributed by atoms with Gasteiger partial charge in [0.1, 0.15) is 5.82 Å². The molecule has 96 valence electrons. The van der Waals surface area contributed by atoms with Crippen LogP contribution in [0.15, 0.2) is 18.2 Å². The van der Waals surface area contributed by atoms with Gasteiger partial charge in [-0.1, -0.05) is 18.1 Å². The lowest BCUT2D eigenvalue weighted by atomic mass is 10.0. The molecule has 3 heteroatoms. The first-order valence-corrected chi connectivity index (χ1v) is 6.40. The molecule has 18 heavy (non-hydrogen) atoms. The van der Waals surface area contributed by atoms with Crippen LogP contribution in [0.5, 0.6) is 0 Å². The van der Waals surface area contributed by atoms with Crippen LogP contribution in [0.25, 0.3) is 0 Å². The summed E-state index contributed by atoms with van der Waals surface area (Å²) in [7, 11) is 0. The first kappa shape index (κ1) is 13.1. The Kier molecular flexibility index (Phi) is 4.00. The molecular weight excluding hydrogens is 227 g/mol. The Morgan fingerprint density at radius 2 is 2.28 bits per heavy atom. The minimum atomic E-state index is -0.268.